The fourth-order valence-electron chi connectivity index (χ4n) is 3.13. The smallest absolute Gasteiger partial charge is 0.335 e. The lowest BCUT2D eigenvalue weighted by Gasteiger charge is -2.18. The van der Waals surface area contributed by atoms with Crippen molar-refractivity contribution < 1.29 is 24.2 Å². The van der Waals surface area contributed by atoms with Gasteiger partial charge in [0.2, 0.25) is 5.91 Å². The molecule has 0 saturated heterocycles. The van der Waals surface area contributed by atoms with E-state index in [4.69, 9.17) is 9.84 Å². The second-order valence-corrected chi connectivity index (χ2v) is 7.76. The summed E-state index contributed by atoms with van der Waals surface area (Å²) in [6, 6.07) is 20.4. The Labute approximate surface area is 198 Å². The highest BCUT2D eigenvalue weighted by Gasteiger charge is 2.11. The molecule has 3 aromatic carbocycles. The third-order valence-corrected chi connectivity index (χ3v) is 5.18. The highest BCUT2D eigenvalue weighted by atomic mass is 16.5. The van der Waals surface area contributed by atoms with Crippen LogP contribution >= 0.6 is 0 Å². The zero-order valence-electron chi connectivity index (χ0n) is 19.1. The maximum atomic E-state index is 12.5. The van der Waals surface area contributed by atoms with Crippen LogP contribution in [0.4, 0.5) is 16.2 Å². The molecule has 8 heteroatoms. The minimum atomic E-state index is -0.994. The molecule has 34 heavy (non-hydrogen) atoms. The van der Waals surface area contributed by atoms with E-state index in [0.29, 0.717) is 18.0 Å². The number of hydrogen-bond acceptors (Lipinski definition) is 4. The molecule has 3 amide bonds. The van der Waals surface area contributed by atoms with Crippen molar-refractivity contribution in [2.24, 2.45) is 0 Å². The molecule has 0 fully saturated rings. The van der Waals surface area contributed by atoms with E-state index in [2.05, 4.69) is 10.6 Å². The summed E-state index contributed by atoms with van der Waals surface area (Å²) in [6.07, 6.45) is 0.222. The summed E-state index contributed by atoms with van der Waals surface area (Å²) in [5.74, 6) is -0.519. The Morgan fingerprint density at radius 2 is 1.59 bits per heavy atom. The first-order chi connectivity index (χ1) is 16.3. The average Bonchev–Trinajstić information content (AvgIpc) is 2.82. The van der Waals surface area contributed by atoms with Crippen molar-refractivity contribution in [3.63, 3.8) is 0 Å². The van der Waals surface area contributed by atoms with Gasteiger partial charge in [0.15, 0.2) is 0 Å². The quantitative estimate of drug-likeness (QED) is 0.437. The Bertz CT molecular complexity index is 1140. The number of para-hydroxylation sites is 1. The highest BCUT2D eigenvalue weighted by Crippen LogP contribution is 2.15. The number of aromatic carboxylic acids is 1. The SMILES string of the molecule is Cc1ccccc1NC(=O)Nc1ccc(CC(=O)N(C)CCOc2ccc(C(=O)O)cc2)cc1. The zero-order valence-corrected chi connectivity index (χ0v) is 19.1. The number of nitrogens with one attached hydrogen (secondary N) is 2. The van der Waals surface area contributed by atoms with Crippen molar-refractivity contribution in [1.82, 2.24) is 4.90 Å². The Balaban J connectivity index is 1.43. The Morgan fingerprint density at radius 3 is 2.24 bits per heavy atom. The van der Waals surface area contributed by atoms with Gasteiger partial charge >= 0.3 is 12.0 Å². The Morgan fingerprint density at radius 1 is 0.912 bits per heavy atom. The molecular weight excluding hydrogens is 434 g/mol. The first-order valence-electron chi connectivity index (χ1n) is 10.7. The number of carboxylic acid groups (broad SMARTS) is 1. The molecule has 0 saturated carbocycles. The van der Waals surface area contributed by atoms with Crippen LogP contribution in [0.25, 0.3) is 0 Å². The maximum absolute atomic E-state index is 12.5. The van der Waals surface area contributed by atoms with E-state index in [1.165, 1.54) is 12.1 Å². The molecule has 0 radical (unpaired) electrons. The molecule has 0 aromatic heterocycles. The summed E-state index contributed by atoms with van der Waals surface area (Å²) in [5.41, 5.74) is 3.35. The number of carbonyl (C=O) groups excluding carboxylic acids is 2. The largest absolute Gasteiger partial charge is 0.492 e. The predicted octanol–water partition coefficient (Wildman–Crippen LogP) is 4.42. The molecule has 0 spiro atoms. The van der Waals surface area contributed by atoms with Gasteiger partial charge in [0.25, 0.3) is 0 Å². The van der Waals surface area contributed by atoms with Crippen LogP contribution in [0, 0.1) is 6.92 Å². The van der Waals surface area contributed by atoms with Crippen molar-refractivity contribution in [1.29, 1.82) is 0 Å². The number of urea groups is 1. The molecule has 0 bridgehead atoms. The third-order valence-electron chi connectivity index (χ3n) is 5.18. The normalized spacial score (nSPS) is 10.3. The molecule has 3 aromatic rings. The number of ether oxygens (including phenoxy) is 1. The van der Waals surface area contributed by atoms with E-state index < -0.39 is 5.97 Å². The lowest BCUT2D eigenvalue weighted by atomic mass is 10.1. The minimum absolute atomic E-state index is 0.0668. The van der Waals surface area contributed by atoms with Crippen LogP contribution in [0.15, 0.2) is 72.8 Å². The summed E-state index contributed by atoms with van der Waals surface area (Å²) < 4.78 is 5.58. The van der Waals surface area contributed by atoms with Crippen LogP contribution in [0.3, 0.4) is 0 Å². The second-order valence-electron chi connectivity index (χ2n) is 7.76. The standard InChI is InChI=1S/C26H27N3O5/c1-18-5-3-4-6-23(18)28-26(33)27-21-11-7-19(8-12-21)17-24(30)29(2)15-16-34-22-13-9-20(10-14-22)25(31)32/h3-14H,15-17H2,1-2H3,(H,31,32)(H2,27,28,33). The molecule has 176 valence electrons. The first kappa shape index (κ1) is 24.3. The van der Waals surface area contributed by atoms with Gasteiger partial charge in [-0.2, -0.15) is 0 Å². The number of aryl methyl sites for hydroxylation is 1. The van der Waals surface area contributed by atoms with Crippen molar-refractivity contribution in [2.45, 2.75) is 13.3 Å². The number of carbonyl (C=O) groups is 3. The molecule has 3 rings (SSSR count). The zero-order chi connectivity index (χ0) is 24.5. The third kappa shape index (κ3) is 7.09. The van der Waals surface area contributed by atoms with Gasteiger partial charge in [0.1, 0.15) is 12.4 Å². The number of likely N-dealkylation sites (N-methyl/N-ethyl adjacent to an activating group) is 1. The summed E-state index contributed by atoms with van der Waals surface area (Å²) in [4.78, 5) is 37.2. The van der Waals surface area contributed by atoms with Crippen LogP contribution in [-0.4, -0.2) is 48.1 Å². The number of carboxylic acids is 1. The molecule has 3 N–H and O–H groups in total. The lowest BCUT2D eigenvalue weighted by Crippen LogP contribution is -2.32. The van der Waals surface area contributed by atoms with Gasteiger partial charge in [-0.3, -0.25) is 4.79 Å². The van der Waals surface area contributed by atoms with Crippen molar-refractivity contribution >= 4 is 29.3 Å². The average molecular weight is 462 g/mol. The second kappa shape index (κ2) is 11.5. The molecule has 0 atom stereocenters. The molecule has 0 aliphatic heterocycles. The van der Waals surface area contributed by atoms with Gasteiger partial charge < -0.3 is 25.4 Å². The fraction of sp³-hybridized carbons (Fsp3) is 0.192. The van der Waals surface area contributed by atoms with Crippen LogP contribution in [0.2, 0.25) is 0 Å². The van der Waals surface area contributed by atoms with Crippen molar-refractivity contribution in [3.05, 3.63) is 89.5 Å². The number of rotatable bonds is 9. The molecule has 0 aliphatic rings. The van der Waals surface area contributed by atoms with Crippen LogP contribution in [0.5, 0.6) is 5.75 Å². The number of anilines is 2. The van der Waals surface area contributed by atoms with Crippen molar-refractivity contribution in [3.8, 4) is 5.75 Å². The Kier molecular flexibility index (Phi) is 8.23. The van der Waals surface area contributed by atoms with Crippen LogP contribution in [0.1, 0.15) is 21.5 Å². The van der Waals surface area contributed by atoms with Crippen molar-refractivity contribution in [2.75, 3.05) is 30.8 Å². The van der Waals surface area contributed by atoms with Gasteiger partial charge in [-0.05, 0) is 60.5 Å². The van der Waals surface area contributed by atoms with E-state index in [1.807, 2.05) is 31.2 Å². The maximum Gasteiger partial charge on any atom is 0.335 e. The first-order valence-corrected chi connectivity index (χ1v) is 10.7. The van der Waals surface area contributed by atoms with Gasteiger partial charge in [0, 0.05) is 18.4 Å². The molecule has 8 nitrogen and oxygen atoms in total. The van der Waals surface area contributed by atoms with Crippen LogP contribution < -0.4 is 15.4 Å². The van der Waals surface area contributed by atoms with Gasteiger partial charge in [0.05, 0.1) is 18.5 Å². The van der Waals surface area contributed by atoms with E-state index in [1.54, 1.807) is 48.3 Å². The molecular formula is C26H27N3O5. The molecule has 0 aliphatic carbocycles. The van der Waals surface area contributed by atoms with Gasteiger partial charge in [-0.1, -0.05) is 30.3 Å². The fourth-order valence-corrected chi connectivity index (χ4v) is 3.13. The number of benzene rings is 3. The van der Waals surface area contributed by atoms with Gasteiger partial charge in [-0.15, -0.1) is 0 Å². The molecule has 0 unspecified atom stereocenters. The number of hydrogen-bond donors (Lipinski definition) is 3. The number of nitrogens with zero attached hydrogens (tertiary/aromatic N) is 1. The number of amides is 3. The van der Waals surface area contributed by atoms with E-state index in [-0.39, 0.29) is 30.5 Å². The monoisotopic (exact) mass is 461 g/mol. The topological polar surface area (TPSA) is 108 Å². The lowest BCUT2D eigenvalue weighted by molar-refractivity contribution is -0.129. The van der Waals surface area contributed by atoms with E-state index >= 15 is 0 Å². The predicted molar refractivity (Wildman–Crippen MR) is 130 cm³/mol. The summed E-state index contributed by atoms with van der Waals surface area (Å²) in [6.45, 7) is 2.59. The minimum Gasteiger partial charge on any atom is -0.492 e. The Hall–Kier alpha value is -4.33. The van der Waals surface area contributed by atoms with E-state index in [0.717, 1.165) is 16.8 Å². The van der Waals surface area contributed by atoms with E-state index in [9.17, 15) is 14.4 Å². The van der Waals surface area contributed by atoms with Gasteiger partial charge in [-0.25, -0.2) is 9.59 Å². The summed E-state index contributed by atoms with van der Waals surface area (Å²) in [5, 5.41) is 14.5. The van der Waals surface area contributed by atoms with Crippen LogP contribution in [-0.2, 0) is 11.2 Å². The highest BCUT2D eigenvalue weighted by molar-refractivity contribution is 6.00. The summed E-state index contributed by atoms with van der Waals surface area (Å²) >= 11 is 0. The summed E-state index contributed by atoms with van der Waals surface area (Å²) in [7, 11) is 1.70. The molecule has 0 heterocycles.